The Balaban J connectivity index is 1.93. The summed E-state index contributed by atoms with van der Waals surface area (Å²) in [5.41, 5.74) is 1.37. The molecular weight excluding hydrogens is 324 g/mol. The third kappa shape index (κ3) is 2.95. The zero-order valence-electron chi connectivity index (χ0n) is 12.8. The van der Waals surface area contributed by atoms with Crippen LogP contribution in [0.3, 0.4) is 0 Å². The highest BCUT2D eigenvalue weighted by Crippen LogP contribution is 2.35. The zero-order chi connectivity index (χ0) is 14.8. The third-order valence-corrected chi connectivity index (χ3v) is 5.22. The van der Waals surface area contributed by atoms with E-state index in [9.17, 15) is 0 Å². The van der Waals surface area contributed by atoms with Crippen LogP contribution in [0.2, 0.25) is 0 Å². The summed E-state index contributed by atoms with van der Waals surface area (Å²) in [6, 6.07) is 14.4. The molecule has 1 aliphatic heterocycles. The van der Waals surface area contributed by atoms with Gasteiger partial charge in [-0.25, -0.2) is 0 Å². The van der Waals surface area contributed by atoms with Crippen molar-refractivity contribution in [1.29, 1.82) is 0 Å². The summed E-state index contributed by atoms with van der Waals surface area (Å²) in [6.45, 7) is 6.74. The molecule has 1 saturated heterocycles. The summed E-state index contributed by atoms with van der Waals surface area (Å²) in [5, 5.41) is 6.25. The number of nitrogens with one attached hydrogen (secondary N) is 1. The molecule has 0 saturated carbocycles. The second-order valence-electron chi connectivity index (χ2n) is 5.93. The molecule has 0 bridgehead atoms. The molecule has 1 heterocycles. The van der Waals surface area contributed by atoms with Crippen LogP contribution >= 0.6 is 15.9 Å². The molecule has 2 nitrogen and oxygen atoms in total. The highest BCUT2D eigenvalue weighted by molar-refractivity contribution is 9.10. The van der Waals surface area contributed by atoms with E-state index < -0.39 is 0 Å². The van der Waals surface area contributed by atoms with Crippen LogP contribution in [0.4, 0.5) is 5.69 Å². The summed E-state index contributed by atoms with van der Waals surface area (Å²) in [6.07, 6.45) is 2.45. The van der Waals surface area contributed by atoms with Crippen LogP contribution in [0.25, 0.3) is 10.8 Å². The molecule has 2 aromatic carbocycles. The number of piperidine rings is 1. The standard InChI is InChI=1S/C18H23BrN2/c1-3-20-14-10-11-21(13(2)12-14)18-9-8-17(19)15-6-4-5-7-16(15)18/h4-9,13-14,20H,3,10-12H2,1-2H3. The summed E-state index contributed by atoms with van der Waals surface area (Å²) >= 11 is 3.67. The Morgan fingerprint density at radius 2 is 1.95 bits per heavy atom. The molecular formula is C18H23BrN2. The summed E-state index contributed by atoms with van der Waals surface area (Å²) < 4.78 is 1.18. The van der Waals surface area contributed by atoms with Gasteiger partial charge in [-0.1, -0.05) is 47.1 Å². The number of benzene rings is 2. The molecule has 0 aliphatic carbocycles. The normalized spacial score (nSPS) is 22.7. The predicted molar refractivity (Wildman–Crippen MR) is 95.2 cm³/mol. The first kappa shape index (κ1) is 14.9. The van der Waals surface area contributed by atoms with E-state index in [0.29, 0.717) is 12.1 Å². The van der Waals surface area contributed by atoms with Crippen molar-refractivity contribution in [3.05, 3.63) is 40.9 Å². The first-order valence-corrected chi connectivity index (χ1v) is 8.67. The molecule has 0 amide bonds. The molecule has 2 atom stereocenters. The van der Waals surface area contributed by atoms with Gasteiger partial charge in [0.2, 0.25) is 0 Å². The van der Waals surface area contributed by atoms with Gasteiger partial charge in [0.05, 0.1) is 0 Å². The molecule has 2 aromatic rings. The van der Waals surface area contributed by atoms with E-state index in [2.05, 4.69) is 76.4 Å². The predicted octanol–water partition coefficient (Wildman–Crippen LogP) is 4.57. The van der Waals surface area contributed by atoms with Crippen LogP contribution in [0.1, 0.15) is 26.7 Å². The average molecular weight is 347 g/mol. The van der Waals surface area contributed by atoms with Crippen molar-refractivity contribution in [1.82, 2.24) is 5.32 Å². The molecule has 1 fully saturated rings. The van der Waals surface area contributed by atoms with Crippen molar-refractivity contribution in [3.8, 4) is 0 Å². The van der Waals surface area contributed by atoms with E-state index in [0.717, 1.165) is 13.1 Å². The van der Waals surface area contributed by atoms with E-state index in [1.54, 1.807) is 0 Å². The minimum absolute atomic E-state index is 0.576. The minimum Gasteiger partial charge on any atom is -0.368 e. The number of halogens is 1. The Morgan fingerprint density at radius 1 is 1.19 bits per heavy atom. The number of hydrogen-bond acceptors (Lipinski definition) is 2. The number of fused-ring (bicyclic) bond motifs is 1. The van der Waals surface area contributed by atoms with Crippen LogP contribution in [0.15, 0.2) is 40.9 Å². The summed E-state index contributed by atoms with van der Waals surface area (Å²) in [5.74, 6) is 0. The minimum atomic E-state index is 0.576. The molecule has 0 spiro atoms. The van der Waals surface area contributed by atoms with Crippen LogP contribution < -0.4 is 10.2 Å². The van der Waals surface area contributed by atoms with E-state index in [4.69, 9.17) is 0 Å². The van der Waals surface area contributed by atoms with Gasteiger partial charge < -0.3 is 10.2 Å². The Hall–Kier alpha value is -1.06. The maximum atomic E-state index is 3.67. The maximum Gasteiger partial charge on any atom is 0.0449 e. The number of anilines is 1. The highest BCUT2D eigenvalue weighted by Gasteiger charge is 2.26. The first-order valence-electron chi connectivity index (χ1n) is 7.88. The topological polar surface area (TPSA) is 15.3 Å². The van der Waals surface area contributed by atoms with Crippen LogP contribution in [0, 0.1) is 0 Å². The molecule has 3 heteroatoms. The molecule has 112 valence electrons. The number of nitrogens with zero attached hydrogens (tertiary/aromatic N) is 1. The van der Waals surface area contributed by atoms with E-state index in [-0.39, 0.29) is 0 Å². The molecule has 1 N–H and O–H groups in total. The average Bonchev–Trinajstić information content (AvgIpc) is 2.49. The van der Waals surface area contributed by atoms with Crippen LogP contribution in [0.5, 0.6) is 0 Å². The van der Waals surface area contributed by atoms with E-state index in [1.807, 2.05) is 0 Å². The second-order valence-corrected chi connectivity index (χ2v) is 6.79. The van der Waals surface area contributed by atoms with Crippen LogP contribution in [-0.4, -0.2) is 25.2 Å². The highest BCUT2D eigenvalue weighted by atomic mass is 79.9. The lowest BCUT2D eigenvalue weighted by Gasteiger charge is -2.40. The largest absolute Gasteiger partial charge is 0.368 e. The molecule has 0 aromatic heterocycles. The van der Waals surface area contributed by atoms with E-state index >= 15 is 0 Å². The monoisotopic (exact) mass is 346 g/mol. The van der Waals surface area contributed by atoms with Gasteiger partial charge in [-0.3, -0.25) is 0 Å². The smallest absolute Gasteiger partial charge is 0.0449 e. The lowest BCUT2D eigenvalue weighted by atomic mass is 9.96. The Kier molecular flexibility index (Phi) is 4.51. The van der Waals surface area contributed by atoms with Gasteiger partial charge in [-0.05, 0) is 43.8 Å². The Bertz CT molecular complexity index is 626. The molecule has 21 heavy (non-hydrogen) atoms. The van der Waals surface area contributed by atoms with Crippen molar-refractivity contribution in [2.45, 2.75) is 38.8 Å². The second kappa shape index (κ2) is 6.37. The van der Waals surface area contributed by atoms with Crippen molar-refractivity contribution in [3.63, 3.8) is 0 Å². The van der Waals surface area contributed by atoms with Gasteiger partial charge in [0.1, 0.15) is 0 Å². The Labute approximate surface area is 135 Å². The number of rotatable bonds is 3. The molecule has 2 unspecified atom stereocenters. The summed E-state index contributed by atoms with van der Waals surface area (Å²) in [4.78, 5) is 2.57. The first-order chi connectivity index (χ1) is 10.2. The van der Waals surface area contributed by atoms with Gasteiger partial charge in [0.15, 0.2) is 0 Å². The van der Waals surface area contributed by atoms with Crippen LogP contribution in [-0.2, 0) is 0 Å². The third-order valence-electron chi connectivity index (χ3n) is 4.53. The molecule has 3 rings (SSSR count). The van der Waals surface area contributed by atoms with Gasteiger partial charge in [-0.15, -0.1) is 0 Å². The fourth-order valence-electron chi connectivity index (χ4n) is 3.50. The lowest BCUT2D eigenvalue weighted by Crippen LogP contribution is -2.47. The molecule has 0 radical (unpaired) electrons. The quantitative estimate of drug-likeness (QED) is 0.875. The fourth-order valence-corrected chi connectivity index (χ4v) is 3.98. The van der Waals surface area contributed by atoms with Crippen molar-refractivity contribution in [2.24, 2.45) is 0 Å². The SMILES string of the molecule is CCNC1CCN(c2ccc(Br)c3ccccc23)C(C)C1. The van der Waals surface area contributed by atoms with Crippen molar-refractivity contribution < 1.29 is 0 Å². The van der Waals surface area contributed by atoms with Gasteiger partial charge >= 0.3 is 0 Å². The van der Waals surface area contributed by atoms with Crippen molar-refractivity contribution >= 4 is 32.4 Å². The summed E-state index contributed by atoms with van der Waals surface area (Å²) in [7, 11) is 0. The molecule has 1 aliphatic rings. The van der Waals surface area contributed by atoms with Gasteiger partial charge in [0.25, 0.3) is 0 Å². The van der Waals surface area contributed by atoms with E-state index in [1.165, 1.54) is 33.8 Å². The van der Waals surface area contributed by atoms with Crippen molar-refractivity contribution in [2.75, 3.05) is 18.0 Å². The Morgan fingerprint density at radius 3 is 2.67 bits per heavy atom. The zero-order valence-corrected chi connectivity index (χ0v) is 14.4. The maximum absolute atomic E-state index is 3.67. The van der Waals surface area contributed by atoms with Gasteiger partial charge in [-0.2, -0.15) is 0 Å². The number of hydrogen-bond donors (Lipinski definition) is 1. The fraction of sp³-hybridized carbons (Fsp3) is 0.444. The lowest BCUT2D eigenvalue weighted by molar-refractivity contribution is 0.374. The van der Waals surface area contributed by atoms with Gasteiger partial charge in [0, 0.05) is 34.2 Å².